The van der Waals surface area contributed by atoms with Crippen molar-refractivity contribution >= 4 is 17.6 Å². The van der Waals surface area contributed by atoms with Crippen LogP contribution in [-0.4, -0.2) is 24.0 Å². The second kappa shape index (κ2) is 6.71. The summed E-state index contributed by atoms with van der Waals surface area (Å²) in [7, 11) is 0. The predicted octanol–water partition coefficient (Wildman–Crippen LogP) is 3.83. The fraction of sp³-hybridized carbons (Fsp3) is 0.333. The first kappa shape index (κ1) is 17.2. The maximum absolute atomic E-state index is 12.9. The Labute approximate surface area is 148 Å². The van der Waals surface area contributed by atoms with Crippen LogP contribution in [0.4, 0.5) is 5.69 Å². The van der Waals surface area contributed by atoms with E-state index in [0.717, 1.165) is 28.8 Å². The number of ether oxygens (including phenoxy) is 1. The normalized spacial score (nSPS) is 17.1. The number of carbonyl (C=O) groups excluding carboxylic acids is 2. The van der Waals surface area contributed by atoms with Crippen LogP contribution < -0.4 is 4.90 Å². The van der Waals surface area contributed by atoms with Crippen molar-refractivity contribution < 1.29 is 14.3 Å². The van der Waals surface area contributed by atoms with Gasteiger partial charge in [-0.15, -0.1) is 0 Å². The number of fused-ring (bicyclic) bond motifs is 1. The Morgan fingerprint density at radius 2 is 1.88 bits per heavy atom. The molecule has 4 heteroatoms. The summed E-state index contributed by atoms with van der Waals surface area (Å²) in [5, 5.41) is 0. The molecule has 1 aliphatic heterocycles. The zero-order valence-corrected chi connectivity index (χ0v) is 15.1. The van der Waals surface area contributed by atoms with E-state index in [1.807, 2.05) is 57.2 Å². The van der Waals surface area contributed by atoms with Gasteiger partial charge in [0.1, 0.15) is 0 Å². The Kier molecular flexibility index (Phi) is 4.62. The molecule has 3 rings (SSSR count). The Balaban J connectivity index is 1.76. The molecule has 1 amide bonds. The number of carbonyl (C=O) groups is 2. The highest BCUT2D eigenvalue weighted by atomic mass is 16.5. The van der Waals surface area contributed by atoms with Crippen LogP contribution in [0.2, 0.25) is 0 Å². The summed E-state index contributed by atoms with van der Waals surface area (Å²) in [6.07, 6.45) is -0.0126. The van der Waals surface area contributed by atoms with Gasteiger partial charge in [-0.1, -0.05) is 35.9 Å². The van der Waals surface area contributed by atoms with Crippen LogP contribution in [-0.2, 0) is 16.0 Å². The average molecular weight is 337 g/mol. The summed E-state index contributed by atoms with van der Waals surface area (Å²) in [4.78, 5) is 27.1. The fourth-order valence-corrected chi connectivity index (χ4v) is 3.41. The highest BCUT2D eigenvalue weighted by Gasteiger charge is 2.34. The predicted molar refractivity (Wildman–Crippen MR) is 97.9 cm³/mol. The smallest absolute Gasteiger partial charge is 0.339 e. The van der Waals surface area contributed by atoms with Gasteiger partial charge in [0.05, 0.1) is 5.56 Å². The molecule has 0 fully saturated rings. The first-order chi connectivity index (χ1) is 11.9. The number of benzene rings is 2. The van der Waals surface area contributed by atoms with Crippen molar-refractivity contribution in [3.8, 4) is 0 Å². The van der Waals surface area contributed by atoms with Crippen LogP contribution in [0.3, 0.4) is 0 Å². The lowest BCUT2D eigenvalue weighted by atomic mass is 10.1. The molecule has 2 atom stereocenters. The molecule has 0 saturated heterocycles. The van der Waals surface area contributed by atoms with Crippen LogP contribution in [0.5, 0.6) is 0 Å². The minimum absolute atomic E-state index is 0.0622. The van der Waals surface area contributed by atoms with E-state index in [4.69, 9.17) is 4.74 Å². The highest BCUT2D eigenvalue weighted by Crippen LogP contribution is 2.32. The molecule has 2 aromatic carbocycles. The van der Waals surface area contributed by atoms with Gasteiger partial charge in [-0.2, -0.15) is 0 Å². The quantitative estimate of drug-likeness (QED) is 0.800. The molecule has 0 aliphatic carbocycles. The van der Waals surface area contributed by atoms with E-state index in [1.54, 1.807) is 17.9 Å². The number of amides is 1. The van der Waals surface area contributed by atoms with E-state index in [1.165, 1.54) is 0 Å². The third-order valence-electron chi connectivity index (χ3n) is 4.68. The van der Waals surface area contributed by atoms with Crippen LogP contribution in [0.1, 0.15) is 40.9 Å². The van der Waals surface area contributed by atoms with Crippen LogP contribution >= 0.6 is 0 Å². The number of rotatable bonds is 3. The standard InChI is InChI=1S/C21H23NO3/c1-13-9-10-18(14(2)11-13)21(24)25-16(4)20(23)22-15(3)12-17-7-5-6-8-19(17)22/h5-11,15-16H,12H2,1-4H3/t15-,16+/m1/s1. The average Bonchev–Trinajstić information content (AvgIpc) is 2.89. The van der Waals surface area contributed by atoms with E-state index in [0.29, 0.717) is 5.56 Å². The number of para-hydroxylation sites is 1. The van der Waals surface area contributed by atoms with E-state index in [-0.39, 0.29) is 11.9 Å². The van der Waals surface area contributed by atoms with E-state index < -0.39 is 12.1 Å². The fourth-order valence-electron chi connectivity index (χ4n) is 3.41. The van der Waals surface area contributed by atoms with Crippen molar-refractivity contribution in [1.29, 1.82) is 0 Å². The molecular weight excluding hydrogens is 314 g/mol. The van der Waals surface area contributed by atoms with Crippen molar-refractivity contribution in [1.82, 2.24) is 0 Å². The summed E-state index contributed by atoms with van der Waals surface area (Å²) in [6, 6.07) is 13.5. The lowest BCUT2D eigenvalue weighted by Crippen LogP contribution is -2.43. The second-order valence-corrected chi connectivity index (χ2v) is 6.76. The molecule has 0 aromatic heterocycles. The molecule has 0 N–H and O–H groups in total. The maximum Gasteiger partial charge on any atom is 0.339 e. The van der Waals surface area contributed by atoms with E-state index in [9.17, 15) is 9.59 Å². The molecule has 0 saturated carbocycles. The topological polar surface area (TPSA) is 46.6 Å². The molecule has 4 nitrogen and oxygen atoms in total. The number of aryl methyl sites for hydroxylation is 2. The van der Waals surface area contributed by atoms with Gasteiger partial charge in [-0.3, -0.25) is 4.79 Å². The van der Waals surface area contributed by atoms with Gasteiger partial charge < -0.3 is 9.64 Å². The maximum atomic E-state index is 12.9. The van der Waals surface area contributed by atoms with Gasteiger partial charge >= 0.3 is 5.97 Å². The molecule has 25 heavy (non-hydrogen) atoms. The third-order valence-corrected chi connectivity index (χ3v) is 4.68. The first-order valence-corrected chi connectivity index (χ1v) is 8.57. The van der Waals surface area contributed by atoms with Crippen LogP contribution in [0.25, 0.3) is 0 Å². The molecule has 0 spiro atoms. The summed E-state index contributed by atoms with van der Waals surface area (Å²) in [5.41, 5.74) is 4.50. The van der Waals surface area contributed by atoms with Crippen LogP contribution in [0.15, 0.2) is 42.5 Å². The lowest BCUT2D eigenvalue weighted by molar-refractivity contribution is -0.126. The Hall–Kier alpha value is -2.62. The van der Waals surface area contributed by atoms with Crippen molar-refractivity contribution in [2.45, 2.75) is 46.3 Å². The largest absolute Gasteiger partial charge is 0.449 e. The summed E-state index contributed by atoms with van der Waals surface area (Å²) in [5.74, 6) is -0.644. The third kappa shape index (κ3) is 3.29. The molecule has 2 aromatic rings. The van der Waals surface area contributed by atoms with Gasteiger partial charge in [0.25, 0.3) is 5.91 Å². The van der Waals surface area contributed by atoms with Gasteiger partial charge in [0, 0.05) is 11.7 Å². The van der Waals surface area contributed by atoms with Gasteiger partial charge in [0.2, 0.25) is 0 Å². The van der Waals surface area contributed by atoms with E-state index in [2.05, 4.69) is 0 Å². The SMILES string of the molecule is Cc1ccc(C(=O)O[C@@H](C)C(=O)N2c3ccccc3C[C@H]2C)c(C)c1. The lowest BCUT2D eigenvalue weighted by Gasteiger charge is -2.26. The first-order valence-electron chi connectivity index (χ1n) is 8.57. The van der Waals surface area contributed by atoms with Crippen molar-refractivity contribution in [3.63, 3.8) is 0 Å². The molecule has 0 unspecified atom stereocenters. The van der Waals surface area contributed by atoms with Gasteiger partial charge in [-0.25, -0.2) is 4.79 Å². The summed E-state index contributed by atoms with van der Waals surface area (Å²) in [6.45, 7) is 7.49. The Bertz CT molecular complexity index is 828. The monoisotopic (exact) mass is 337 g/mol. The van der Waals surface area contributed by atoms with Crippen molar-refractivity contribution in [2.75, 3.05) is 4.90 Å². The molecule has 0 bridgehead atoms. The number of anilines is 1. The highest BCUT2D eigenvalue weighted by molar-refractivity contribution is 6.01. The molecule has 1 aliphatic rings. The van der Waals surface area contributed by atoms with Gasteiger partial charge in [-0.05, 0) is 57.4 Å². The van der Waals surface area contributed by atoms with Crippen LogP contribution in [0, 0.1) is 13.8 Å². The molecule has 1 heterocycles. The minimum atomic E-state index is -0.832. The number of esters is 1. The van der Waals surface area contributed by atoms with Crippen molar-refractivity contribution in [3.05, 3.63) is 64.7 Å². The summed E-state index contributed by atoms with van der Waals surface area (Å²) >= 11 is 0. The summed E-state index contributed by atoms with van der Waals surface area (Å²) < 4.78 is 5.46. The minimum Gasteiger partial charge on any atom is -0.449 e. The molecule has 0 radical (unpaired) electrons. The molecular formula is C21H23NO3. The number of nitrogens with zero attached hydrogens (tertiary/aromatic N) is 1. The Morgan fingerprint density at radius 1 is 1.16 bits per heavy atom. The van der Waals surface area contributed by atoms with Gasteiger partial charge in [0.15, 0.2) is 6.10 Å². The molecule has 130 valence electrons. The van der Waals surface area contributed by atoms with E-state index >= 15 is 0 Å². The Morgan fingerprint density at radius 3 is 2.60 bits per heavy atom. The number of hydrogen-bond acceptors (Lipinski definition) is 3. The second-order valence-electron chi connectivity index (χ2n) is 6.76. The zero-order chi connectivity index (χ0) is 18.1. The number of hydrogen-bond donors (Lipinski definition) is 0. The zero-order valence-electron chi connectivity index (χ0n) is 15.1. The van der Waals surface area contributed by atoms with Crippen molar-refractivity contribution in [2.24, 2.45) is 0 Å².